The van der Waals surface area contributed by atoms with Gasteiger partial charge in [0.2, 0.25) is 0 Å². The molecular weight excluding hydrogens is 304 g/mol. The van der Waals surface area contributed by atoms with E-state index in [0.717, 1.165) is 16.5 Å². The van der Waals surface area contributed by atoms with E-state index in [-0.39, 0.29) is 5.97 Å². The summed E-state index contributed by atoms with van der Waals surface area (Å²) < 4.78 is 5.23. The summed E-state index contributed by atoms with van der Waals surface area (Å²) in [6.45, 7) is 0. The fraction of sp³-hybridized carbons (Fsp3) is 0.0625. The molecule has 0 aliphatic heterocycles. The first kappa shape index (κ1) is 13.6. The summed E-state index contributed by atoms with van der Waals surface area (Å²) in [5.41, 5.74) is 2.03. The van der Waals surface area contributed by atoms with Crippen LogP contribution >= 0.6 is 15.9 Å². The molecule has 0 saturated carbocycles. The minimum Gasteiger partial charge on any atom is -0.423 e. The van der Waals surface area contributed by atoms with Gasteiger partial charge in [0.25, 0.3) is 0 Å². The van der Waals surface area contributed by atoms with E-state index in [1.54, 1.807) is 12.1 Å². The molecule has 0 radical (unpaired) electrons. The van der Waals surface area contributed by atoms with Crippen LogP contribution in [0.15, 0.2) is 60.7 Å². The van der Waals surface area contributed by atoms with Crippen LogP contribution in [0.1, 0.15) is 11.1 Å². The highest BCUT2D eigenvalue weighted by molar-refractivity contribution is 9.08. The largest absolute Gasteiger partial charge is 0.423 e. The number of hydrogen-bond donors (Lipinski definition) is 0. The Labute approximate surface area is 120 Å². The molecule has 0 unspecified atom stereocenters. The van der Waals surface area contributed by atoms with Crippen LogP contribution in [0, 0.1) is 0 Å². The van der Waals surface area contributed by atoms with Gasteiger partial charge in [-0.25, -0.2) is 4.79 Å². The maximum absolute atomic E-state index is 11.7. The number of carbonyl (C=O) groups excluding carboxylic acids is 1. The van der Waals surface area contributed by atoms with Crippen molar-refractivity contribution in [2.45, 2.75) is 5.33 Å². The van der Waals surface area contributed by atoms with E-state index in [1.165, 1.54) is 6.08 Å². The summed E-state index contributed by atoms with van der Waals surface area (Å²) in [6.07, 6.45) is 3.16. The molecule has 2 aromatic rings. The summed E-state index contributed by atoms with van der Waals surface area (Å²) >= 11 is 3.36. The minimum absolute atomic E-state index is 0.379. The van der Waals surface area contributed by atoms with Gasteiger partial charge in [0.15, 0.2) is 0 Å². The lowest BCUT2D eigenvalue weighted by Gasteiger charge is -2.02. The number of esters is 1. The van der Waals surface area contributed by atoms with E-state index in [4.69, 9.17) is 4.74 Å². The summed E-state index contributed by atoms with van der Waals surface area (Å²) in [5, 5.41) is 0.734. The molecule has 0 bridgehead atoms. The van der Waals surface area contributed by atoms with Crippen molar-refractivity contribution < 1.29 is 9.53 Å². The third-order valence-corrected chi connectivity index (χ3v) is 3.13. The molecule has 0 amide bonds. The Kier molecular flexibility index (Phi) is 4.93. The zero-order valence-electron chi connectivity index (χ0n) is 10.3. The van der Waals surface area contributed by atoms with E-state index in [9.17, 15) is 4.79 Å². The molecule has 0 aliphatic carbocycles. The average Bonchev–Trinajstić information content (AvgIpc) is 2.46. The van der Waals surface area contributed by atoms with E-state index in [0.29, 0.717) is 5.75 Å². The molecule has 0 spiro atoms. The van der Waals surface area contributed by atoms with Gasteiger partial charge >= 0.3 is 5.97 Å². The van der Waals surface area contributed by atoms with E-state index in [1.807, 2.05) is 48.5 Å². The maximum atomic E-state index is 11.7. The van der Waals surface area contributed by atoms with Crippen LogP contribution in [0.25, 0.3) is 6.08 Å². The Morgan fingerprint density at radius 3 is 2.63 bits per heavy atom. The topological polar surface area (TPSA) is 26.3 Å². The number of hydrogen-bond acceptors (Lipinski definition) is 2. The van der Waals surface area contributed by atoms with Gasteiger partial charge in [-0.05, 0) is 29.3 Å². The molecular formula is C16H13BrO2. The van der Waals surface area contributed by atoms with Crippen LogP contribution in [0.4, 0.5) is 0 Å². The van der Waals surface area contributed by atoms with Crippen LogP contribution in [0.3, 0.4) is 0 Å². The fourth-order valence-electron chi connectivity index (χ4n) is 1.57. The predicted octanol–water partition coefficient (Wildman–Crippen LogP) is 4.20. The van der Waals surface area contributed by atoms with Crippen molar-refractivity contribution in [3.63, 3.8) is 0 Å². The molecule has 2 nitrogen and oxygen atoms in total. The highest BCUT2D eigenvalue weighted by Gasteiger charge is 2.01. The second-order valence-corrected chi connectivity index (χ2v) is 4.51. The third-order valence-electron chi connectivity index (χ3n) is 2.48. The zero-order chi connectivity index (χ0) is 13.5. The van der Waals surface area contributed by atoms with Crippen LogP contribution in [0.2, 0.25) is 0 Å². The molecule has 0 heterocycles. The molecule has 0 aliphatic rings. The van der Waals surface area contributed by atoms with Crippen molar-refractivity contribution in [1.82, 2.24) is 0 Å². The Morgan fingerprint density at radius 1 is 1.11 bits per heavy atom. The van der Waals surface area contributed by atoms with E-state index >= 15 is 0 Å². The van der Waals surface area contributed by atoms with E-state index < -0.39 is 0 Å². The second-order valence-electron chi connectivity index (χ2n) is 3.95. The first-order valence-corrected chi connectivity index (χ1v) is 7.00. The molecule has 19 heavy (non-hydrogen) atoms. The number of carbonyl (C=O) groups is 1. The lowest BCUT2D eigenvalue weighted by atomic mass is 10.2. The average molecular weight is 317 g/mol. The predicted molar refractivity (Wildman–Crippen MR) is 80.2 cm³/mol. The summed E-state index contributed by atoms with van der Waals surface area (Å²) in [4.78, 5) is 11.7. The maximum Gasteiger partial charge on any atom is 0.336 e. The minimum atomic E-state index is -0.379. The molecule has 0 saturated heterocycles. The smallest absolute Gasteiger partial charge is 0.336 e. The molecule has 0 aromatic heterocycles. The lowest BCUT2D eigenvalue weighted by molar-refractivity contribution is -0.128. The molecule has 3 heteroatoms. The highest BCUT2D eigenvalue weighted by atomic mass is 79.9. The van der Waals surface area contributed by atoms with Crippen molar-refractivity contribution in [2.75, 3.05) is 0 Å². The Hall–Kier alpha value is -1.87. The van der Waals surface area contributed by atoms with Crippen LogP contribution < -0.4 is 4.74 Å². The number of alkyl halides is 1. The molecule has 96 valence electrons. The van der Waals surface area contributed by atoms with Crippen molar-refractivity contribution in [1.29, 1.82) is 0 Å². The quantitative estimate of drug-likeness (QED) is 0.366. The third kappa shape index (κ3) is 4.38. The molecule has 0 N–H and O–H groups in total. The second kappa shape index (κ2) is 6.90. The Morgan fingerprint density at radius 2 is 1.89 bits per heavy atom. The van der Waals surface area contributed by atoms with Gasteiger partial charge in [0.1, 0.15) is 5.75 Å². The first-order valence-electron chi connectivity index (χ1n) is 5.88. The van der Waals surface area contributed by atoms with Crippen molar-refractivity contribution in [3.05, 3.63) is 71.8 Å². The van der Waals surface area contributed by atoms with Crippen LogP contribution in [0.5, 0.6) is 5.75 Å². The number of rotatable bonds is 4. The summed E-state index contributed by atoms with van der Waals surface area (Å²) in [5.74, 6) is 0.176. The Balaban J connectivity index is 1.99. The summed E-state index contributed by atoms with van der Waals surface area (Å²) in [7, 11) is 0. The van der Waals surface area contributed by atoms with Gasteiger partial charge < -0.3 is 4.74 Å². The van der Waals surface area contributed by atoms with Crippen LogP contribution in [-0.2, 0) is 10.1 Å². The zero-order valence-corrected chi connectivity index (χ0v) is 11.8. The standard InChI is InChI=1S/C16H13BrO2/c17-12-14-7-4-8-15(11-14)19-16(18)10-9-13-5-2-1-3-6-13/h1-11H,12H2. The number of ether oxygens (including phenoxy) is 1. The Bertz CT molecular complexity index is 576. The molecule has 2 rings (SSSR count). The highest BCUT2D eigenvalue weighted by Crippen LogP contribution is 2.15. The van der Waals surface area contributed by atoms with Crippen LogP contribution in [-0.4, -0.2) is 5.97 Å². The van der Waals surface area contributed by atoms with Gasteiger partial charge in [-0.3, -0.25) is 0 Å². The summed E-state index contributed by atoms with van der Waals surface area (Å²) in [6, 6.07) is 17.1. The molecule has 0 atom stereocenters. The molecule has 0 fully saturated rings. The molecule has 2 aromatic carbocycles. The van der Waals surface area contributed by atoms with Crippen molar-refractivity contribution >= 4 is 28.0 Å². The van der Waals surface area contributed by atoms with E-state index in [2.05, 4.69) is 15.9 Å². The van der Waals surface area contributed by atoms with Crippen molar-refractivity contribution in [2.24, 2.45) is 0 Å². The van der Waals surface area contributed by atoms with Gasteiger partial charge in [-0.2, -0.15) is 0 Å². The van der Waals surface area contributed by atoms with Gasteiger partial charge in [0, 0.05) is 11.4 Å². The van der Waals surface area contributed by atoms with Gasteiger partial charge in [0.05, 0.1) is 0 Å². The van der Waals surface area contributed by atoms with Gasteiger partial charge in [-0.15, -0.1) is 0 Å². The fourth-order valence-corrected chi connectivity index (χ4v) is 1.92. The normalized spacial score (nSPS) is 10.6. The van der Waals surface area contributed by atoms with Gasteiger partial charge in [-0.1, -0.05) is 58.4 Å². The van der Waals surface area contributed by atoms with Crippen molar-refractivity contribution in [3.8, 4) is 5.75 Å². The first-order chi connectivity index (χ1) is 9.28. The SMILES string of the molecule is O=C(C=Cc1ccccc1)Oc1cccc(CBr)c1. The lowest BCUT2D eigenvalue weighted by Crippen LogP contribution is -2.03. The monoisotopic (exact) mass is 316 g/mol. The number of benzene rings is 2. The number of halogens is 1.